The highest BCUT2D eigenvalue weighted by Crippen LogP contribution is 2.27. The quantitative estimate of drug-likeness (QED) is 0.924. The van der Waals surface area contributed by atoms with Crippen LogP contribution in [-0.4, -0.2) is 24.7 Å². The Hall–Kier alpha value is -2.83. The molecule has 2 heterocycles. The summed E-state index contributed by atoms with van der Waals surface area (Å²) >= 11 is 0. The molecule has 3 rings (SSSR count). The molecule has 0 saturated heterocycles. The number of hydrogen-bond acceptors (Lipinski definition) is 4. The largest absolute Gasteiger partial charge is 0.496 e. The Labute approximate surface area is 144 Å². The number of hydrogen-bond donors (Lipinski definition) is 1. The number of carbonyl (C=O) groups is 1. The minimum atomic E-state index is -0.571. The molecule has 6 nitrogen and oxygen atoms in total. The maximum absolute atomic E-state index is 13.8. The molecule has 25 heavy (non-hydrogen) atoms. The summed E-state index contributed by atoms with van der Waals surface area (Å²) < 4.78 is 25.5. The number of ether oxygens (including phenoxy) is 2. The van der Waals surface area contributed by atoms with Gasteiger partial charge in [-0.25, -0.2) is 4.39 Å². The molecule has 2 aromatic rings. The van der Waals surface area contributed by atoms with Gasteiger partial charge in [0.05, 0.1) is 14.2 Å². The van der Waals surface area contributed by atoms with Gasteiger partial charge >= 0.3 is 0 Å². The molecule has 0 atom stereocenters. The average molecular weight is 346 g/mol. The SMILES string of the molecule is COc1ccc(NC(=O)c2c(OC)cc(=O)n3c2CCCC3)cc1F. The van der Waals surface area contributed by atoms with Crippen molar-refractivity contribution in [3.05, 3.63) is 51.7 Å². The number of methoxy groups -OCH3 is 2. The molecule has 0 unspecified atom stereocenters. The van der Waals surface area contributed by atoms with Crippen molar-refractivity contribution in [1.82, 2.24) is 4.57 Å². The fourth-order valence-electron chi connectivity index (χ4n) is 3.08. The van der Waals surface area contributed by atoms with Crippen LogP contribution < -0.4 is 20.3 Å². The molecule has 1 aromatic heterocycles. The van der Waals surface area contributed by atoms with Crippen LogP contribution in [0.5, 0.6) is 11.5 Å². The van der Waals surface area contributed by atoms with Crippen LogP contribution in [0.15, 0.2) is 29.1 Å². The third-order valence-corrected chi connectivity index (χ3v) is 4.28. The fourth-order valence-corrected chi connectivity index (χ4v) is 3.08. The Morgan fingerprint density at radius 2 is 1.92 bits per heavy atom. The number of fused-ring (bicyclic) bond motifs is 1. The summed E-state index contributed by atoms with van der Waals surface area (Å²) in [5.74, 6) is -0.686. The van der Waals surface area contributed by atoms with E-state index in [9.17, 15) is 14.0 Å². The van der Waals surface area contributed by atoms with Gasteiger partial charge in [0.25, 0.3) is 11.5 Å². The van der Waals surface area contributed by atoms with Crippen molar-refractivity contribution in [2.45, 2.75) is 25.8 Å². The van der Waals surface area contributed by atoms with Crippen molar-refractivity contribution in [2.24, 2.45) is 0 Å². The molecule has 0 fully saturated rings. The number of aromatic nitrogens is 1. The zero-order chi connectivity index (χ0) is 18.0. The number of carbonyl (C=O) groups excluding carboxylic acids is 1. The van der Waals surface area contributed by atoms with Crippen LogP contribution in [-0.2, 0) is 13.0 Å². The lowest BCUT2D eigenvalue weighted by molar-refractivity contribution is 0.102. The van der Waals surface area contributed by atoms with Crippen LogP contribution in [0.25, 0.3) is 0 Å². The second-order valence-corrected chi connectivity index (χ2v) is 5.78. The highest BCUT2D eigenvalue weighted by molar-refractivity contribution is 6.07. The molecule has 1 aliphatic heterocycles. The maximum atomic E-state index is 13.8. The second kappa shape index (κ2) is 6.96. The number of nitrogens with zero attached hydrogens (tertiary/aromatic N) is 1. The highest BCUT2D eigenvalue weighted by Gasteiger charge is 2.24. The topological polar surface area (TPSA) is 69.6 Å². The minimum Gasteiger partial charge on any atom is -0.496 e. The lowest BCUT2D eigenvalue weighted by Crippen LogP contribution is -2.30. The van der Waals surface area contributed by atoms with Crippen molar-refractivity contribution in [2.75, 3.05) is 19.5 Å². The van der Waals surface area contributed by atoms with Crippen molar-refractivity contribution < 1.29 is 18.7 Å². The Bertz CT molecular complexity index is 876. The summed E-state index contributed by atoms with van der Waals surface area (Å²) in [5.41, 5.74) is 1.09. The number of nitrogens with one attached hydrogen (secondary N) is 1. The lowest BCUT2D eigenvalue weighted by atomic mass is 10.0. The number of rotatable bonds is 4. The van der Waals surface area contributed by atoms with Gasteiger partial charge < -0.3 is 19.4 Å². The predicted octanol–water partition coefficient (Wildman–Crippen LogP) is 2.59. The first-order valence-corrected chi connectivity index (χ1v) is 8.00. The zero-order valence-corrected chi connectivity index (χ0v) is 14.1. The van der Waals surface area contributed by atoms with Crippen LogP contribution >= 0.6 is 0 Å². The Kier molecular flexibility index (Phi) is 4.74. The van der Waals surface area contributed by atoms with E-state index in [2.05, 4.69) is 5.32 Å². The number of benzene rings is 1. The number of anilines is 1. The van der Waals surface area contributed by atoms with Gasteiger partial charge in [-0.3, -0.25) is 9.59 Å². The molecule has 0 aliphatic carbocycles. The van der Waals surface area contributed by atoms with E-state index in [0.717, 1.165) is 12.8 Å². The molecule has 1 amide bonds. The summed E-state index contributed by atoms with van der Waals surface area (Å²) in [7, 11) is 2.79. The molecule has 132 valence electrons. The van der Waals surface area contributed by atoms with Gasteiger partial charge in [0.15, 0.2) is 11.6 Å². The van der Waals surface area contributed by atoms with Crippen LogP contribution in [0.3, 0.4) is 0 Å². The third-order valence-electron chi connectivity index (χ3n) is 4.28. The van der Waals surface area contributed by atoms with Gasteiger partial charge in [-0.15, -0.1) is 0 Å². The van der Waals surface area contributed by atoms with E-state index in [1.165, 1.54) is 32.4 Å². The first-order chi connectivity index (χ1) is 12.0. The smallest absolute Gasteiger partial charge is 0.261 e. The van der Waals surface area contributed by atoms with E-state index in [1.54, 1.807) is 10.6 Å². The summed E-state index contributed by atoms with van der Waals surface area (Å²) in [6, 6.07) is 5.49. The molecule has 0 saturated carbocycles. The minimum absolute atomic E-state index is 0.0965. The van der Waals surface area contributed by atoms with Crippen molar-refractivity contribution >= 4 is 11.6 Å². The first-order valence-electron chi connectivity index (χ1n) is 8.00. The highest BCUT2D eigenvalue weighted by atomic mass is 19.1. The van der Waals surface area contributed by atoms with E-state index in [4.69, 9.17) is 9.47 Å². The van der Waals surface area contributed by atoms with Crippen molar-refractivity contribution in [3.63, 3.8) is 0 Å². The lowest BCUT2D eigenvalue weighted by Gasteiger charge is -2.22. The van der Waals surface area contributed by atoms with Gasteiger partial charge in [0, 0.05) is 30.1 Å². The predicted molar refractivity (Wildman–Crippen MR) is 91.1 cm³/mol. The number of halogens is 1. The zero-order valence-electron chi connectivity index (χ0n) is 14.1. The normalized spacial score (nSPS) is 13.1. The molecule has 1 aromatic carbocycles. The Morgan fingerprint density at radius 3 is 2.60 bits per heavy atom. The summed E-state index contributed by atoms with van der Waals surface area (Å²) in [4.78, 5) is 25.0. The summed E-state index contributed by atoms with van der Waals surface area (Å²) in [5, 5.41) is 2.66. The first kappa shape index (κ1) is 17.0. The molecule has 1 N–H and O–H groups in total. The average Bonchev–Trinajstić information content (AvgIpc) is 2.61. The Balaban J connectivity index is 1.99. The molecule has 7 heteroatoms. The van der Waals surface area contributed by atoms with Crippen LogP contribution in [0.2, 0.25) is 0 Å². The molecule has 1 aliphatic rings. The van der Waals surface area contributed by atoms with E-state index in [0.29, 0.717) is 29.9 Å². The molecule has 0 spiro atoms. The van der Waals surface area contributed by atoms with E-state index >= 15 is 0 Å². The van der Waals surface area contributed by atoms with Gasteiger partial charge in [0.1, 0.15) is 11.3 Å². The standard InChI is InChI=1S/C18H19FN2O4/c1-24-14-7-6-11(9-12(14)19)20-18(23)17-13-5-3-4-8-21(13)16(22)10-15(17)25-2/h6-7,9-10H,3-5,8H2,1-2H3,(H,20,23). The Morgan fingerprint density at radius 1 is 1.16 bits per heavy atom. The summed E-state index contributed by atoms with van der Waals surface area (Å²) in [6.45, 7) is 0.579. The number of amides is 1. The van der Waals surface area contributed by atoms with Crippen LogP contribution in [0.1, 0.15) is 28.9 Å². The number of pyridine rings is 1. The molecule has 0 bridgehead atoms. The van der Waals surface area contributed by atoms with Gasteiger partial charge in [-0.05, 0) is 31.4 Å². The molecular weight excluding hydrogens is 327 g/mol. The van der Waals surface area contributed by atoms with Gasteiger partial charge in [-0.1, -0.05) is 0 Å². The van der Waals surface area contributed by atoms with Gasteiger partial charge in [0.2, 0.25) is 0 Å². The van der Waals surface area contributed by atoms with Crippen molar-refractivity contribution in [1.29, 1.82) is 0 Å². The van der Waals surface area contributed by atoms with Gasteiger partial charge in [-0.2, -0.15) is 0 Å². The van der Waals surface area contributed by atoms with E-state index in [-0.39, 0.29) is 17.1 Å². The van der Waals surface area contributed by atoms with Crippen LogP contribution in [0.4, 0.5) is 10.1 Å². The monoisotopic (exact) mass is 346 g/mol. The van der Waals surface area contributed by atoms with Crippen LogP contribution in [0, 0.1) is 5.82 Å². The maximum Gasteiger partial charge on any atom is 0.261 e. The molecular formula is C18H19FN2O4. The third kappa shape index (κ3) is 3.22. The summed E-state index contributed by atoms with van der Waals surface area (Å²) in [6.07, 6.45) is 2.40. The molecule has 0 radical (unpaired) electrons. The van der Waals surface area contributed by atoms with E-state index in [1.807, 2.05) is 0 Å². The second-order valence-electron chi connectivity index (χ2n) is 5.78. The van der Waals surface area contributed by atoms with Crippen molar-refractivity contribution in [3.8, 4) is 11.5 Å². The van der Waals surface area contributed by atoms with E-state index < -0.39 is 11.7 Å². The fraction of sp³-hybridized carbons (Fsp3) is 0.333.